The van der Waals surface area contributed by atoms with Gasteiger partial charge in [-0.25, -0.2) is 4.57 Å². The van der Waals surface area contributed by atoms with Crippen LogP contribution in [0.15, 0.2) is 0 Å². The first kappa shape index (κ1) is 53.3. The van der Waals surface area contributed by atoms with Crippen molar-refractivity contribution in [3.05, 3.63) is 0 Å². The third kappa shape index (κ3) is 25.5. The van der Waals surface area contributed by atoms with Crippen LogP contribution < -0.4 is 10.6 Å². The first-order valence-corrected chi connectivity index (χ1v) is 22.7. The quantitative estimate of drug-likeness (QED) is 0.0204. The van der Waals surface area contributed by atoms with E-state index in [1.54, 1.807) is 0 Å². The molecule has 0 aliphatic carbocycles. The van der Waals surface area contributed by atoms with Gasteiger partial charge in [-0.05, 0) is 19.8 Å². The van der Waals surface area contributed by atoms with E-state index in [0.717, 1.165) is 45.4 Å². The third-order valence-corrected chi connectivity index (χ3v) is 10.5. The highest BCUT2D eigenvalue weighted by atomic mass is 31.2. The Balaban J connectivity index is 2.78. The Morgan fingerprint density at radius 2 is 1.33 bits per heavy atom. The largest absolute Gasteiger partial charge is 0.473 e. The van der Waals surface area contributed by atoms with Crippen molar-refractivity contribution in [2.45, 2.75) is 199 Å². The number of amides is 2. The van der Waals surface area contributed by atoms with E-state index in [-0.39, 0.29) is 19.6 Å². The van der Waals surface area contributed by atoms with Gasteiger partial charge in [-0.2, -0.15) is 0 Å². The molecule has 0 saturated carbocycles. The van der Waals surface area contributed by atoms with E-state index in [1.807, 2.05) is 6.92 Å². The lowest BCUT2D eigenvalue weighted by Gasteiger charge is -2.42. The Morgan fingerprint density at radius 3 is 1.86 bits per heavy atom. The number of phosphoric acid groups is 1. The number of unbranched alkanes of at least 4 members (excludes halogenated alkanes) is 16. The van der Waals surface area contributed by atoms with Crippen LogP contribution in [-0.2, 0) is 46.9 Å². The average Bonchev–Trinajstić information content (AvgIpc) is 3.16. The molecular weight excluding hydrogens is 767 g/mol. The summed E-state index contributed by atoms with van der Waals surface area (Å²) >= 11 is 0. The molecule has 0 spiro atoms. The molecule has 1 rings (SSSR count). The highest BCUT2D eigenvalue weighted by Crippen LogP contribution is 2.45. The van der Waals surface area contributed by atoms with Gasteiger partial charge >= 0.3 is 13.8 Å². The maximum absolute atomic E-state index is 13.2. The molecule has 7 N–H and O–H groups in total. The fourth-order valence-corrected chi connectivity index (χ4v) is 7.19. The summed E-state index contributed by atoms with van der Waals surface area (Å²) in [5, 5.41) is 45.9. The zero-order valence-electron chi connectivity index (χ0n) is 34.9. The minimum absolute atomic E-state index is 0.140. The molecule has 0 radical (unpaired) electrons. The Morgan fingerprint density at radius 1 is 0.789 bits per heavy atom. The van der Waals surface area contributed by atoms with Crippen LogP contribution in [0.5, 0.6) is 0 Å². The molecule has 0 aromatic rings. The third-order valence-electron chi connectivity index (χ3n) is 9.54. The SMILES string of the molecule is CCCCCCCCCCCCCCCCCC(=O)N[C@@H]1[C@H](OC[C@H](OP(=O)(O)OC[C@H](COC(C)O)OC(C)=O)C(=O)NCCCCC)O[C@@H](CO)[C@@H](O)[C@H]1O. The summed E-state index contributed by atoms with van der Waals surface area (Å²) in [5.41, 5.74) is 0. The molecule has 2 unspecified atom stereocenters. The molecule has 57 heavy (non-hydrogen) atoms. The fraction of sp³-hybridized carbons (Fsp3) is 0.923. The lowest BCUT2D eigenvalue weighted by Crippen LogP contribution is -2.65. The van der Waals surface area contributed by atoms with E-state index in [1.165, 1.54) is 71.1 Å². The topological polar surface area (TPSA) is 249 Å². The first-order chi connectivity index (χ1) is 27.2. The standard InChI is InChI=1S/C39H75N2O15P/c1-5-7-9-10-11-12-13-14-15-16-17-18-19-20-21-23-34(45)41-35-37(47)36(46)32(25-42)55-39(35)52-28-33(38(48)40-24-22-8-6-2)56-57(49,50)53-27-31(54-30(4)44)26-51-29(3)43/h29,31-33,35-37,39,42-43,46-47H,5-28H2,1-4H3,(H,40,48)(H,41,45)(H,49,50)/t29?,31-,32-,33-,35-,36+,37-,39+/m0/s1. The number of hydrogen-bond acceptors (Lipinski definition) is 14. The van der Waals surface area contributed by atoms with Crippen molar-refractivity contribution in [1.29, 1.82) is 0 Å². The number of carbonyl (C=O) groups is 3. The number of hydrogen-bond donors (Lipinski definition) is 7. The maximum atomic E-state index is 13.2. The van der Waals surface area contributed by atoms with Crippen molar-refractivity contribution in [2.75, 3.05) is 33.0 Å². The summed E-state index contributed by atoms with van der Waals surface area (Å²) in [5.74, 6) is -2.03. The van der Waals surface area contributed by atoms with Gasteiger partial charge in [0.2, 0.25) is 5.91 Å². The minimum Gasteiger partial charge on any atom is -0.458 e. The monoisotopic (exact) mass is 842 g/mol. The van der Waals surface area contributed by atoms with Gasteiger partial charge in [-0.15, -0.1) is 0 Å². The van der Waals surface area contributed by atoms with Crippen LogP contribution in [0.1, 0.15) is 150 Å². The summed E-state index contributed by atoms with van der Waals surface area (Å²) in [7, 11) is -5.07. The van der Waals surface area contributed by atoms with Crippen LogP contribution in [0.25, 0.3) is 0 Å². The van der Waals surface area contributed by atoms with E-state index < -0.39 is 94.6 Å². The van der Waals surface area contributed by atoms with Crippen molar-refractivity contribution < 1.29 is 72.3 Å². The smallest absolute Gasteiger partial charge is 0.458 e. The lowest BCUT2D eigenvalue weighted by atomic mass is 9.96. The molecule has 1 aliphatic rings. The molecule has 2 amide bonds. The summed E-state index contributed by atoms with van der Waals surface area (Å²) in [6.45, 7) is 4.29. The van der Waals surface area contributed by atoms with E-state index in [4.69, 9.17) is 28.0 Å². The molecule has 17 nitrogen and oxygen atoms in total. The number of phosphoric ester groups is 1. The summed E-state index contributed by atoms with van der Waals surface area (Å²) in [6.07, 6.45) is 9.80. The molecule has 0 aromatic heterocycles. The van der Waals surface area contributed by atoms with Gasteiger partial charge < -0.3 is 54.9 Å². The molecule has 0 aromatic carbocycles. The van der Waals surface area contributed by atoms with Crippen LogP contribution in [-0.4, -0.2) is 125 Å². The number of carbonyl (C=O) groups excluding carboxylic acids is 3. The van der Waals surface area contributed by atoms with Gasteiger partial charge in [0, 0.05) is 19.9 Å². The van der Waals surface area contributed by atoms with E-state index in [9.17, 15) is 44.3 Å². The number of rotatable bonds is 35. The number of aliphatic hydroxyl groups excluding tert-OH is 4. The predicted molar refractivity (Wildman–Crippen MR) is 212 cm³/mol. The normalized spacial score (nSPS) is 22.3. The van der Waals surface area contributed by atoms with Gasteiger partial charge in [-0.3, -0.25) is 23.4 Å². The molecule has 9 atom stereocenters. The molecule has 336 valence electrons. The molecule has 18 heteroatoms. The van der Waals surface area contributed by atoms with Gasteiger partial charge in [0.15, 0.2) is 18.7 Å². The second-order valence-corrected chi connectivity index (χ2v) is 16.3. The van der Waals surface area contributed by atoms with Crippen molar-refractivity contribution in [3.63, 3.8) is 0 Å². The van der Waals surface area contributed by atoms with Crippen molar-refractivity contribution in [3.8, 4) is 0 Å². The minimum atomic E-state index is -5.07. The second-order valence-electron chi connectivity index (χ2n) is 14.9. The van der Waals surface area contributed by atoms with Crippen LogP contribution in [0.2, 0.25) is 0 Å². The number of nitrogens with one attached hydrogen (secondary N) is 2. The lowest BCUT2D eigenvalue weighted by molar-refractivity contribution is -0.273. The Hall–Kier alpha value is -1.76. The van der Waals surface area contributed by atoms with E-state index in [2.05, 4.69) is 17.6 Å². The highest BCUT2D eigenvalue weighted by molar-refractivity contribution is 7.47. The first-order valence-electron chi connectivity index (χ1n) is 21.2. The number of esters is 1. The molecule has 1 fully saturated rings. The second kappa shape index (κ2) is 32.1. The van der Waals surface area contributed by atoms with Gasteiger partial charge in [0.25, 0.3) is 5.91 Å². The van der Waals surface area contributed by atoms with Gasteiger partial charge in [0.05, 0.1) is 26.4 Å². The highest BCUT2D eigenvalue weighted by Gasteiger charge is 2.46. The zero-order valence-corrected chi connectivity index (χ0v) is 35.7. The van der Waals surface area contributed by atoms with Crippen LogP contribution in [0.3, 0.4) is 0 Å². The molecule has 1 heterocycles. The van der Waals surface area contributed by atoms with Crippen molar-refractivity contribution in [1.82, 2.24) is 10.6 Å². The maximum Gasteiger partial charge on any atom is 0.473 e. The Labute approximate surface area is 339 Å². The van der Waals surface area contributed by atoms with Gasteiger partial charge in [0.1, 0.15) is 30.5 Å². The van der Waals surface area contributed by atoms with Crippen LogP contribution in [0, 0.1) is 0 Å². The molecule has 1 saturated heterocycles. The van der Waals surface area contributed by atoms with E-state index >= 15 is 0 Å². The molecule has 0 bridgehead atoms. The molecular formula is C39H75N2O15P. The Bertz CT molecular complexity index is 1120. The summed E-state index contributed by atoms with van der Waals surface area (Å²) in [6, 6.07) is -1.34. The van der Waals surface area contributed by atoms with Gasteiger partial charge in [-0.1, -0.05) is 117 Å². The Kier molecular flexibility index (Phi) is 30.0. The molecule has 1 aliphatic heterocycles. The van der Waals surface area contributed by atoms with Crippen molar-refractivity contribution in [2.24, 2.45) is 0 Å². The number of aliphatic hydroxyl groups is 4. The van der Waals surface area contributed by atoms with Crippen molar-refractivity contribution >= 4 is 25.6 Å². The average molecular weight is 843 g/mol. The fourth-order valence-electron chi connectivity index (χ4n) is 6.30. The van der Waals surface area contributed by atoms with Crippen LogP contribution in [0.4, 0.5) is 0 Å². The van der Waals surface area contributed by atoms with E-state index in [0.29, 0.717) is 12.8 Å². The predicted octanol–water partition coefficient (Wildman–Crippen LogP) is 4.28. The van der Waals surface area contributed by atoms with Crippen LogP contribution >= 0.6 is 7.82 Å². The zero-order chi connectivity index (χ0) is 42.5. The summed E-state index contributed by atoms with van der Waals surface area (Å²) in [4.78, 5) is 48.2. The summed E-state index contributed by atoms with van der Waals surface area (Å²) < 4.78 is 44.7. The number of ether oxygens (including phenoxy) is 4.